The second-order valence-electron chi connectivity index (χ2n) is 4.41. The van der Waals surface area contributed by atoms with Gasteiger partial charge in [0.05, 0.1) is 7.11 Å². The number of methoxy groups -OCH3 is 1. The van der Waals surface area contributed by atoms with E-state index in [9.17, 15) is 5.21 Å². The summed E-state index contributed by atoms with van der Waals surface area (Å²) in [5.74, 6) is 0.755. The molecule has 0 N–H and O–H groups in total. The Morgan fingerprint density at radius 1 is 1.26 bits per heavy atom. The third kappa shape index (κ3) is 3.05. The molecule has 5 heteroatoms. The van der Waals surface area contributed by atoms with Crippen LogP contribution in [0, 0.1) is 5.21 Å². The maximum atomic E-state index is 11.7. The highest BCUT2D eigenvalue weighted by molar-refractivity contribution is 5.59. The fourth-order valence-corrected chi connectivity index (χ4v) is 2.00. The van der Waals surface area contributed by atoms with Crippen molar-refractivity contribution >= 4 is 0 Å². The molecule has 0 aliphatic carbocycles. The molecule has 0 bridgehead atoms. The fraction of sp³-hybridized carbons (Fsp3) is 0.429. The zero-order chi connectivity index (χ0) is 13.7. The molecule has 0 radical (unpaired) electrons. The van der Waals surface area contributed by atoms with Gasteiger partial charge in [0.25, 0.3) is 0 Å². The van der Waals surface area contributed by atoms with Crippen molar-refractivity contribution in [3.63, 3.8) is 0 Å². The Hall–Kier alpha value is -2.04. The van der Waals surface area contributed by atoms with Gasteiger partial charge in [0.1, 0.15) is 5.75 Å². The van der Waals surface area contributed by atoms with Gasteiger partial charge < -0.3 is 9.94 Å². The molecular weight excluding hydrogens is 244 g/mol. The molecule has 2 rings (SSSR count). The summed E-state index contributed by atoms with van der Waals surface area (Å²) in [4.78, 5) is 0.475. The van der Waals surface area contributed by atoms with Crippen molar-refractivity contribution in [1.29, 1.82) is 0 Å². The first kappa shape index (κ1) is 13.4. The monoisotopic (exact) mass is 262 g/mol. The third-order valence-corrected chi connectivity index (χ3v) is 3.06. The fourth-order valence-electron chi connectivity index (χ4n) is 2.00. The minimum Gasteiger partial charge on any atom is -0.497 e. The number of aryl methyl sites for hydroxylation is 1. The van der Waals surface area contributed by atoms with Crippen molar-refractivity contribution in [3.05, 3.63) is 35.2 Å². The van der Waals surface area contributed by atoms with E-state index in [1.807, 2.05) is 24.3 Å². The first-order valence-corrected chi connectivity index (χ1v) is 6.49. The average Bonchev–Trinajstić information content (AvgIpc) is 2.80. The van der Waals surface area contributed by atoms with E-state index in [4.69, 9.17) is 9.37 Å². The number of hydrogen-bond donors (Lipinski definition) is 0. The Balaban J connectivity index is 2.24. The Labute approximate surface area is 112 Å². The SMILES string of the molecule is CCCCCc1no[n+]([O-])c1-c1ccc(OC)cc1. The summed E-state index contributed by atoms with van der Waals surface area (Å²) in [6.07, 6.45) is 4.01. The number of rotatable bonds is 6. The molecule has 0 spiro atoms. The third-order valence-electron chi connectivity index (χ3n) is 3.06. The first-order chi connectivity index (χ1) is 9.26. The molecule has 1 aromatic heterocycles. The Morgan fingerprint density at radius 3 is 2.63 bits per heavy atom. The molecule has 0 saturated carbocycles. The van der Waals surface area contributed by atoms with Crippen LogP contribution in [0.3, 0.4) is 0 Å². The lowest BCUT2D eigenvalue weighted by Gasteiger charge is -2.01. The maximum Gasteiger partial charge on any atom is 0.228 e. The molecule has 0 unspecified atom stereocenters. The molecule has 1 aromatic carbocycles. The van der Waals surface area contributed by atoms with Crippen LogP contribution < -0.4 is 9.64 Å². The summed E-state index contributed by atoms with van der Waals surface area (Å²) in [7, 11) is 1.61. The van der Waals surface area contributed by atoms with Crippen LogP contribution in [0.2, 0.25) is 0 Å². The molecule has 5 nitrogen and oxygen atoms in total. The van der Waals surface area contributed by atoms with E-state index in [2.05, 4.69) is 12.1 Å². The van der Waals surface area contributed by atoms with Gasteiger partial charge in [0.2, 0.25) is 11.4 Å². The lowest BCUT2D eigenvalue weighted by molar-refractivity contribution is -0.793. The summed E-state index contributed by atoms with van der Waals surface area (Å²) in [6.45, 7) is 2.14. The summed E-state index contributed by atoms with van der Waals surface area (Å²) in [6, 6.07) is 7.31. The molecule has 1 heterocycles. The maximum absolute atomic E-state index is 11.7. The number of unbranched alkanes of at least 4 members (excludes halogenated alkanes) is 2. The van der Waals surface area contributed by atoms with E-state index in [-0.39, 0.29) is 0 Å². The topological polar surface area (TPSA) is 62.2 Å². The van der Waals surface area contributed by atoms with Gasteiger partial charge in [-0.05, 0) is 35.6 Å². The lowest BCUT2D eigenvalue weighted by atomic mass is 10.1. The van der Waals surface area contributed by atoms with Crippen LogP contribution in [-0.4, -0.2) is 12.3 Å². The summed E-state index contributed by atoms with van der Waals surface area (Å²) in [5.41, 5.74) is 2.01. The Bertz CT molecular complexity index is 520. The molecule has 0 saturated heterocycles. The van der Waals surface area contributed by atoms with Crippen molar-refractivity contribution in [1.82, 2.24) is 5.16 Å². The van der Waals surface area contributed by atoms with Crippen LogP contribution in [0.25, 0.3) is 11.3 Å². The second-order valence-corrected chi connectivity index (χ2v) is 4.41. The van der Waals surface area contributed by atoms with Crippen LogP contribution in [0.4, 0.5) is 0 Å². The summed E-state index contributed by atoms with van der Waals surface area (Å²) in [5, 5.41) is 15.5. The van der Waals surface area contributed by atoms with E-state index in [1.54, 1.807) is 7.11 Å². The van der Waals surface area contributed by atoms with Crippen molar-refractivity contribution in [2.24, 2.45) is 0 Å². The highest BCUT2D eigenvalue weighted by Gasteiger charge is 2.20. The molecule has 2 aromatic rings. The van der Waals surface area contributed by atoms with Gasteiger partial charge in [-0.3, -0.25) is 4.63 Å². The normalized spacial score (nSPS) is 10.6. The minimum atomic E-state index is 0.475. The Morgan fingerprint density at radius 2 is 2.00 bits per heavy atom. The van der Waals surface area contributed by atoms with Crippen LogP contribution in [0.1, 0.15) is 31.9 Å². The number of benzene rings is 1. The molecule has 0 atom stereocenters. The smallest absolute Gasteiger partial charge is 0.228 e. The van der Waals surface area contributed by atoms with Gasteiger partial charge in [-0.1, -0.05) is 19.8 Å². The minimum absolute atomic E-state index is 0.475. The van der Waals surface area contributed by atoms with Gasteiger partial charge in [0.15, 0.2) is 0 Å². The number of nitrogens with zero attached hydrogens (tertiary/aromatic N) is 2. The van der Waals surface area contributed by atoms with Gasteiger partial charge in [-0.25, -0.2) is 0 Å². The van der Waals surface area contributed by atoms with Gasteiger partial charge in [-0.15, -0.1) is 0 Å². The summed E-state index contributed by atoms with van der Waals surface area (Å²) < 4.78 is 9.82. The zero-order valence-corrected chi connectivity index (χ0v) is 11.3. The van der Waals surface area contributed by atoms with E-state index in [0.29, 0.717) is 16.3 Å². The van der Waals surface area contributed by atoms with Gasteiger partial charge in [-0.2, -0.15) is 0 Å². The van der Waals surface area contributed by atoms with Crippen LogP contribution >= 0.6 is 0 Å². The molecule has 0 aliphatic heterocycles. The van der Waals surface area contributed by atoms with Crippen molar-refractivity contribution in [3.8, 4) is 17.0 Å². The van der Waals surface area contributed by atoms with E-state index >= 15 is 0 Å². The number of aromatic nitrogens is 2. The van der Waals surface area contributed by atoms with Crippen LogP contribution in [-0.2, 0) is 6.42 Å². The van der Waals surface area contributed by atoms with Crippen molar-refractivity contribution in [2.45, 2.75) is 32.6 Å². The molecule has 0 amide bonds. The molecule has 0 fully saturated rings. The second kappa shape index (κ2) is 6.22. The quantitative estimate of drug-likeness (QED) is 0.593. The predicted molar refractivity (Wildman–Crippen MR) is 70.7 cm³/mol. The lowest BCUT2D eigenvalue weighted by Crippen LogP contribution is -2.25. The van der Waals surface area contributed by atoms with E-state index in [1.165, 1.54) is 0 Å². The van der Waals surface area contributed by atoms with Crippen LogP contribution in [0.15, 0.2) is 28.9 Å². The molecule has 0 aliphatic rings. The predicted octanol–water partition coefficient (Wildman–Crippen LogP) is 2.72. The standard InChI is InChI=1S/C14H18N2O3/c1-3-4-5-6-13-14(16(17)19-15-13)11-7-9-12(18-2)10-8-11/h7-10H,3-6H2,1-2H3. The largest absolute Gasteiger partial charge is 0.497 e. The zero-order valence-electron chi connectivity index (χ0n) is 11.3. The average molecular weight is 262 g/mol. The van der Waals surface area contributed by atoms with Crippen molar-refractivity contribution < 1.29 is 14.3 Å². The van der Waals surface area contributed by atoms with Crippen molar-refractivity contribution in [2.75, 3.05) is 7.11 Å². The first-order valence-electron chi connectivity index (χ1n) is 6.49. The summed E-state index contributed by atoms with van der Waals surface area (Å²) >= 11 is 0. The van der Waals surface area contributed by atoms with E-state index < -0.39 is 0 Å². The van der Waals surface area contributed by atoms with Gasteiger partial charge in [0, 0.05) is 17.1 Å². The highest BCUT2D eigenvalue weighted by Crippen LogP contribution is 2.23. The number of ether oxygens (including phenoxy) is 1. The molecule has 102 valence electrons. The molecular formula is C14H18N2O3. The van der Waals surface area contributed by atoms with Crippen LogP contribution in [0.5, 0.6) is 5.75 Å². The number of hydrogen-bond acceptors (Lipinski definition) is 4. The highest BCUT2D eigenvalue weighted by atomic mass is 16.8. The van der Waals surface area contributed by atoms with E-state index in [0.717, 1.165) is 37.0 Å². The Kier molecular flexibility index (Phi) is 4.39. The molecule has 19 heavy (non-hydrogen) atoms. The van der Waals surface area contributed by atoms with Gasteiger partial charge >= 0.3 is 0 Å².